The standard InChI is InChI=1S/C13H22N4/c1-17-6-5-14-8-11(17)7-13-15-9-12(16-13)10-3-2-4-10/h9-11,14H,2-8H2,1H3,(H,15,16). The van der Waals surface area contributed by atoms with Crippen molar-refractivity contribution in [1.29, 1.82) is 0 Å². The highest BCUT2D eigenvalue weighted by Gasteiger charge is 2.23. The van der Waals surface area contributed by atoms with Crippen molar-refractivity contribution >= 4 is 0 Å². The summed E-state index contributed by atoms with van der Waals surface area (Å²) in [6, 6.07) is 0.587. The van der Waals surface area contributed by atoms with Gasteiger partial charge in [0.1, 0.15) is 5.82 Å². The molecule has 2 heterocycles. The van der Waals surface area contributed by atoms with Crippen LogP contribution in [0.15, 0.2) is 6.20 Å². The van der Waals surface area contributed by atoms with E-state index >= 15 is 0 Å². The molecule has 0 radical (unpaired) electrons. The Balaban J connectivity index is 1.61. The highest BCUT2D eigenvalue weighted by molar-refractivity contribution is 5.11. The van der Waals surface area contributed by atoms with Gasteiger partial charge in [-0.3, -0.25) is 0 Å². The van der Waals surface area contributed by atoms with Crippen molar-refractivity contribution in [3.63, 3.8) is 0 Å². The molecule has 17 heavy (non-hydrogen) atoms. The molecule has 1 saturated heterocycles. The monoisotopic (exact) mass is 234 g/mol. The van der Waals surface area contributed by atoms with Crippen LogP contribution in [0.4, 0.5) is 0 Å². The summed E-state index contributed by atoms with van der Waals surface area (Å²) in [5, 5.41) is 3.45. The number of hydrogen-bond donors (Lipinski definition) is 2. The summed E-state index contributed by atoms with van der Waals surface area (Å²) in [6.45, 7) is 3.33. The Morgan fingerprint density at radius 3 is 3.06 bits per heavy atom. The van der Waals surface area contributed by atoms with E-state index in [-0.39, 0.29) is 0 Å². The zero-order valence-corrected chi connectivity index (χ0v) is 10.6. The second kappa shape index (κ2) is 4.78. The maximum Gasteiger partial charge on any atom is 0.107 e. The van der Waals surface area contributed by atoms with E-state index in [1.807, 2.05) is 0 Å². The highest BCUT2D eigenvalue weighted by atomic mass is 15.2. The van der Waals surface area contributed by atoms with Crippen LogP contribution in [-0.2, 0) is 6.42 Å². The molecule has 4 nitrogen and oxygen atoms in total. The molecule has 0 spiro atoms. The Morgan fingerprint density at radius 1 is 1.47 bits per heavy atom. The smallest absolute Gasteiger partial charge is 0.107 e. The summed E-state index contributed by atoms with van der Waals surface area (Å²) in [6.07, 6.45) is 7.15. The third kappa shape index (κ3) is 2.38. The highest BCUT2D eigenvalue weighted by Crippen LogP contribution is 2.35. The lowest BCUT2D eigenvalue weighted by Gasteiger charge is -2.32. The van der Waals surface area contributed by atoms with E-state index in [4.69, 9.17) is 0 Å². The van der Waals surface area contributed by atoms with Gasteiger partial charge in [-0.15, -0.1) is 0 Å². The number of hydrogen-bond acceptors (Lipinski definition) is 3. The first-order chi connectivity index (χ1) is 8.33. The van der Waals surface area contributed by atoms with E-state index in [0.29, 0.717) is 6.04 Å². The molecule has 0 bridgehead atoms. The van der Waals surface area contributed by atoms with Gasteiger partial charge in [0, 0.05) is 49.9 Å². The molecule has 1 atom stereocenters. The Bertz CT molecular complexity index is 369. The average Bonchev–Trinajstić information content (AvgIpc) is 2.67. The van der Waals surface area contributed by atoms with Gasteiger partial charge in [0.05, 0.1) is 0 Å². The maximum absolute atomic E-state index is 4.54. The second-order valence-electron chi connectivity index (χ2n) is 5.46. The van der Waals surface area contributed by atoms with Crippen LogP contribution >= 0.6 is 0 Å². The molecule has 0 amide bonds. The van der Waals surface area contributed by atoms with Gasteiger partial charge in [0.15, 0.2) is 0 Å². The molecule has 2 aliphatic rings. The van der Waals surface area contributed by atoms with Gasteiger partial charge in [-0.25, -0.2) is 4.98 Å². The lowest BCUT2D eigenvalue weighted by molar-refractivity contribution is 0.197. The molecule has 1 aromatic rings. The van der Waals surface area contributed by atoms with Crippen LogP contribution in [0.2, 0.25) is 0 Å². The normalized spacial score (nSPS) is 27.0. The van der Waals surface area contributed by atoms with Gasteiger partial charge < -0.3 is 15.2 Å². The van der Waals surface area contributed by atoms with Crippen LogP contribution in [0.3, 0.4) is 0 Å². The Kier molecular flexibility index (Phi) is 3.16. The van der Waals surface area contributed by atoms with Gasteiger partial charge in [-0.1, -0.05) is 6.42 Å². The van der Waals surface area contributed by atoms with Gasteiger partial charge in [0.2, 0.25) is 0 Å². The fraction of sp³-hybridized carbons (Fsp3) is 0.769. The van der Waals surface area contributed by atoms with Crippen molar-refractivity contribution in [3.8, 4) is 0 Å². The number of nitrogens with zero attached hydrogens (tertiary/aromatic N) is 2. The van der Waals surface area contributed by atoms with E-state index in [1.165, 1.54) is 25.0 Å². The molecule has 94 valence electrons. The average molecular weight is 234 g/mol. The van der Waals surface area contributed by atoms with Crippen LogP contribution in [-0.4, -0.2) is 47.6 Å². The predicted octanol–water partition coefficient (Wildman–Crippen LogP) is 1.12. The number of rotatable bonds is 3. The molecule has 3 rings (SSSR count). The first-order valence-electron chi connectivity index (χ1n) is 6.77. The van der Waals surface area contributed by atoms with Crippen molar-refractivity contribution in [2.75, 3.05) is 26.7 Å². The minimum absolute atomic E-state index is 0.587. The van der Waals surface area contributed by atoms with Crippen LogP contribution in [0.25, 0.3) is 0 Å². The van der Waals surface area contributed by atoms with E-state index in [9.17, 15) is 0 Å². The van der Waals surface area contributed by atoms with Crippen LogP contribution in [0.1, 0.15) is 36.7 Å². The summed E-state index contributed by atoms with van der Waals surface area (Å²) < 4.78 is 0. The van der Waals surface area contributed by atoms with Crippen LogP contribution in [0, 0.1) is 0 Å². The van der Waals surface area contributed by atoms with Gasteiger partial charge >= 0.3 is 0 Å². The minimum atomic E-state index is 0.587. The third-order valence-electron chi connectivity index (χ3n) is 4.27. The molecule has 1 aliphatic carbocycles. The molecule has 4 heteroatoms. The lowest BCUT2D eigenvalue weighted by Crippen LogP contribution is -2.50. The summed E-state index contributed by atoms with van der Waals surface area (Å²) in [4.78, 5) is 10.5. The fourth-order valence-electron chi connectivity index (χ4n) is 2.72. The number of aromatic nitrogens is 2. The summed E-state index contributed by atoms with van der Waals surface area (Å²) in [7, 11) is 2.21. The van der Waals surface area contributed by atoms with Crippen LogP contribution < -0.4 is 5.32 Å². The number of H-pyrrole nitrogens is 1. The Morgan fingerprint density at radius 2 is 2.35 bits per heavy atom. The van der Waals surface area contributed by atoms with Crippen molar-refractivity contribution in [1.82, 2.24) is 20.2 Å². The molecule has 2 N–H and O–H groups in total. The third-order valence-corrected chi connectivity index (χ3v) is 4.27. The van der Waals surface area contributed by atoms with Gasteiger partial charge in [-0.05, 0) is 19.9 Å². The number of nitrogens with one attached hydrogen (secondary N) is 2. The maximum atomic E-state index is 4.54. The summed E-state index contributed by atoms with van der Waals surface area (Å²) in [5.74, 6) is 1.92. The zero-order valence-electron chi connectivity index (χ0n) is 10.6. The predicted molar refractivity (Wildman–Crippen MR) is 68.2 cm³/mol. The lowest BCUT2D eigenvalue weighted by atomic mass is 9.83. The van der Waals surface area contributed by atoms with Crippen molar-refractivity contribution < 1.29 is 0 Å². The SMILES string of the molecule is CN1CCNCC1Cc1ncc(C2CCC2)[nH]1. The number of piperazine rings is 1. The summed E-state index contributed by atoms with van der Waals surface area (Å²) >= 11 is 0. The largest absolute Gasteiger partial charge is 0.346 e. The van der Waals surface area contributed by atoms with Gasteiger partial charge in [-0.2, -0.15) is 0 Å². The molecule has 1 unspecified atom stereocenters. The van der Waals surface area contributed by atoms with Gasteiger partial charge in [0.25, 0.3) is 0 Å². The molecule has 1 aliphatic heterocycles. The molecular formula is C13H22N4. The second-order valence-corrected chi connectivity index (χ2v) is 5.46. The molecule has 1 aromatic heterocycles. The molecular weight excluding hydrogens is 212 g/mol. The first-order valence-corrected chi connectivity index (χ1v) is 6.77. The number of imidazole rings is 1. The zero-order chi connectivity index (χ0) is 11.7. The molecule has 1 saturated carbocycles. The van der Waals surface area contributed by atoms with E-state index in [2.05, 4.69) is 33.4 Å². The molecule has 0 aromatic carbocycles. The van der Waals surface area contributed by atoms with Crippen molar-refractivity contribution in [2.45, 2.75) is 37.6 Å². The van der Waals surface area contributed by atoms with E-state index in [1.54, 1.807) is 0 Å². The topological polar surface area (TPSA) is 44.0 Å². The Labute approximate surface area is 103 Å². The van der Waals surface area contributed by atoms with E-state index < -0.39 is 0 Å². The number of aromatic amines is 1. The Hall–Kier alpha value is -0.870. The van der Waals surface area contributed by atoms with Crippen molar-refractivity contribution in [2.24, 2.45) is 0 Å². The minimum Gasteiger partial charge on any atom is -0.346 e. The summed E-state index contributed by atoms with van der Waals surface area (Å²) in [5.41, 5.74) is 1.36. The molecule has 2 fully saturated rings. The van der Waals surface area contributed by atoms with E-state index in [0.717, 1.165) is 37.8 Å². The number of likely N-dealkylation sites (N-methyl/N-ethyl adjacent to an activating group) is 1. The first kappa shape index (κ1) is 11.2. The van der Waals surface area contributed by atoms with Crippen molar-refractivity contribution in [3.05, 3.63) is 17.7 Å². The fourth-order valence-corrected chi connectivity index (χ4v) is 2.72. The van der Waals surface area contributed by atoms with Crippen LogP contribution in [0.5, 0.6) is 0 Å². The quantitative estimate of drug-likeness (QED) is 0.824.